The molecule has 2 aromatic heterocycles. The Morgan fingerprint density at radius 2 is 2.00 bits per heavy atom. The Morgan fingerprint density at radius 1 is 1.32 bits per heavy atom. The first-order valence-corrected chi connectivity index (χ1v) is 6.29. The van der Waals surface area contributed by atoms with Crippen molar-refractivity contribution in [3.63, 3.8) is 0 Å². The van der Waals surface area contributed by atoms with Gasteiger partial charge in [0, 0.05) is 11.5 Å². The van der Waals surface area contributed by atoms with Crippen LogP contribution in [0.25, 0.3) is 10.9 Å². The molecule has 0 amide bonds. The molecule has 0 N–H and O–H groups in total. The normalized spacial score (nSPS) is 11.6. The van der Waals surface area contributed by atoms with Crippen LogP contribution in [0.1, 0.15) is 20.8 Å². The lowest BCUT2D eigenvalue weighted by Gasteiger charge is -2.15. The third-order valence-electron chi connectivity index (χ3n) is 2.17. The summed E-state index contributed by atoms with van der Waals surface area (Å²) >= 11 is 11.7. The molecule has 19 heavy (non-hydrogen) atoms. The molecule has 0 aliphatic rings. The summed E-state index contributed by atoms with van der Waals surface area (Å²) in [6.07, 6.45) is 2.54. The molecule has 2 aromatic rings. The molecule has 0 aliphatic heterocycles. The number of pyridine rings is 1. The Morgan fingerprint density at radius 3 is 2.63 bits per heavy atom. The van der Waals surface area contributed by atoms with Gasteiger partial charge in [0.05, 0.1) is 0 Å². The summed E-state index contributed by atoms with van der Waals surface area (Å²) < 4.78 is 6.53. The minimum Gasteiger partial charge on any atom is -0.406 e. The Bertz CT molecular complexity index is 653. The third kappa shape index (κ3) is 3.30. The van der Waals surface area contributed by atoms with Gasteiger partial charge in [-0.3, -0.25) is 0 Å². The average Bonchev–Trinajstić information content (AvgIpc) is 2.25. The van der Waals surface area contributed by atoms with Crippen molar-refractivity contribution in [2.24, 2.45) is 0 Å². The molecule has 100 valence electrons. The van der Waals surface area contributed by atoms with Crippen molar-refractivity contribution in [1.29, 1.82) is 0 Å². The first-order chi connectivity index (χ1) is 8.76. The lowest BCUT2D eigenvalue weighted by atomic mass is 10.2. The SMILES string of the molecule is CC(C)(C)OC(=O)[n+]1ccc2c(Cl)nc(Cl)nc2c1. The van der Waals surface area contributed by atoms with Gasteiger partial charge in [-0.2, -0.15) is 4.79 Å². The summed E-state index contributed by atoms with van der Waals surface area (Å²) in [7, 11) is 0. The van der Waals surface area contributed by atoms with Crippen LogP contribution in [0.5, 0.6) is 0 Å². The Labute approximate surface area is 120 Å². The largest absolute Gasteiger partial charge is 0.602 e. The monoisotopic (exact) mass is 300 g/mol. The minimum absolute atomic E-state index is 0.0273. The lowest BCUT2D eigenvalue weighted by Crippen LogP contribution is -2.46. The van der Waals surface area contributed by atoms with E-state index in [2.05, 4.69) is 9.97 Å². The van der Waals surface area contributed by atoms with E-state index in [1.54, 1.807) is 33.0 Å². The van der Waals surface area contributed by atoms with E-state index in [1.807, 2.05) is 0 Å². The number of hydrogen-bond donors (Lipinski definition) is 0. The van der Waals surface area contributed by atoms with Crippen LogP contribution < -0.4 is 4.57 Å². The molecule has 0 unspecified atom stereocenters. The quantitative estimate of drug-likeness (QED) is 0.426. The molecule has 0 atom stereocenters. The topological polar surface area (TPSA) is 56.0 Å². The van der Waals surface area contributed by atoms with Gasteiger partial charge in [-0.25, -0.2) is 9.97 Å². The van der Waals surface area contributed by atoms with Crippen LogP contribution in [0.2, 0.25) is 10.4 Å². The van der Waals surface area contributed by atoms with Gasteiger partial charge in [-0.1, -0.05) is 16.2 Å². The molecule has 0 saturated heterocycles. The number of ether oxygens (including phenoxy) is 1. The standard InChI is InChI=1S/C12H12Cl2N3O2/c1-12(2,3)19-11(18)17-5-4-7-8(6-17)15-10(14)16-9(7)13/h4-6H,1-3H3/q+1. The highest BCUT2D eigenvalue weighted by molar-refractivity contribution is 6.35. The number of fused-ring (bicyclic) bond motifs is 1. The molecule has 2 rings (SSSR count). The Kier molecular flexibility index (Phi) is 3.60. The molecule has 0 aromatic carbocycles. The molecule has 0 fully saturated rings. The van der Waals surface area contributed by atoms with E-state index < -0.39 is 11.7 Å². The zero-order chi connectivity index (χ0) is 14.2. The van der Waals surface area contributed by atoms with Gasteiger partial charge in [-0.05, 0) is 32.4 Å². The number of halogens is 2. The first-order valence-electron chi connectivity index (χ1n) is 5.54. The maximum Gasteiger partial charge on any atom is 0.602 e. The smallest absolute Gasteiger partial charge is 0.406 e. The molecule has 0 bridgehead atoms. The fourth-order valence-corrected chi connectivity index (χ4v) is 1.90. The van der Waals surface area contributed by atoms with Crippen LogP contribution in [-0.4, -0.2) is 21.7 Å². The van der Waals surface area contributed by atoms with Gasteiger partial charge in [0.2, 0.25) is 11.5 Å². The van der Waals surface area contributed by atoms with Crippen LogP contribution in [0.3, 0.4) is 0 Å². The third-order valence-corrected chi connectivity index (χ3v) is 2.63. The average molecular weight is 301 g/mol. The highest BCUT2D eigenvalue weighted by Crippen LogP contribution is 2.20. The van der Waals surface area contributed by atoms with Gasteiger partial charge in [0.15, 0.2) is 6.20 Å². The van der Waals surface area contributed by atoms with Crippen molar-refractivity contribution in [3.05, 3.63) is 28.9 Å². The van der Waals surface area contributed by atoms with E-state index in [1.165, 1.54) is 10.8 Å². The highest BCUT2D eigenvalue weighted by atomic mass is 35.5. The molecule has 7 heteroatoms. The maximum absolute atomic E-state index is 11.9. The van der Waals surface area contributed by atoms with Crippen LogP contribution in [-0.2, 0) is 4.74 Å². The van der Waals surface area contributed by atoms with E-state index in [4.69, 9.17) is 27.9 Å². The van der Waals surface area contributed by atoms with E-state index >= 15 is 0 Å². The summed E-state index contributed by atoms with van der Waals surface area (Å²) in [5, 5.41) is 0.886. The van der Waals surface area contributed by atoms with Crippen molar-refractivity contribution in [2.45, 2.75) is 26.4 Å². The van der Waals surface area contributed by atoms with Crippen LogP contribution in [0, 0.1) is 0 Å². The molecule has 5 nitrogen and oxygen atoms in total. The van der Waals surface area contributed by atoms with Crippen molar-refractivity contribution in [2.75, 3.05) is 0 Å². The van der Waals surface area contributed by atoms with E-state index in [0.717, 1.165) is 0 Å². The second-order valence-electron chi connectivity index (χ2n) is 4.91. The van der Waals surface area contributed by atoms with E-state index in [9.17, 15) is 4.79 Å². The maximum atomic E-state index is 11.9. The number of carbonyl (C=O) groups excluding carboxylic acids is 1. The second-order valence-corrected chi connectivity index (χ2v) is 5.61. The summed E-state index contributed by atoms with van der Waals surface area (Å²) in [6.45, 7) is 5.38. The van der Waals surface area contributed by atoms with Crippen LogP contribution >= 0.6 is 23.2 Å². The van der Waals surface area contributed by atoms with Gasteiger partial charge in [-0.15, -0.1) is 0 Å². The summed E-state index contributed by atoms with van der Waals surface area (Å²) in [5.74, 6) is 0. The van der Waals surface area contributed by atoms with Gasteiger partial charge >= 0.3 is 6.09 Å². The van der Waals surface area contributed by atoms with Gasteiger partial charge in [0.1, 0.15) is 16.3 Å². The van der Waals surface area contributed by atoms with Crippen molar-refractivity contribution < 1.29 is 14.1 Å². The molecule has 0 aliphatic carbocycles. The number of rotatable bonds is 0. The fraction of sp³-hybridized carbons (Fsp3) is 0.333. The lowest BCUT2D eigenvalue weighted by molar-refractivity contribution is -0.587. The summed E-state index contributed by atoms with van der Waals surface area (Å²) in [4.78, 5) is 19.8. The molecular formula is C12H12Cl2N3O2+. The molecule has 2 heterocycles. The minimum atomic E-state index is -0.569. The zero-order valence-electron chi connectivity index (χ0n) is 10.6. The Balaban J connectivity index is 2.44. The summed E-state index contributed by atoms with van der Waals surface area (Å²) in [5.41, 5.74) is -0.0987. The van der Waals surface area contributed by atoms with Crippen molar-refractivity contribution in [1.82, 2.24) is 9.97 Å². The predicted octanol–water partition coefficient (Wildman–Crippen LogP) is 3.01. The number of nitrogens with zero attached hydrogens (tertiary/aromatic N) is 3. The first kappa shape index (κ1) is 14.0. The van der Waals surface area contributed by atoms with Gasteiger partial charge < -0.3 is 4.74 Å². The van der Waals surface area contributed by atoms with Crippen LogP contribution in [0.15, 0.2) is 18.5 Å². The number of aromatic nitrogens is 3. The highest BCUT2D eigenvalue weighted by Gasteiger charge is 2.25. The van der Waals surface area contributed by atoms with Crippen molar-refractivity contribution in [3.8, 4) is 0 Å². The molecule has 0 saturated carbocycles. The molecule has 0 radical (unpaired) electrons. The van der Waals surface area contributed by atoms with Crippen molar-refractivity contribution >= 4 is 40.2 Å². The predicted molar refractivity (Wildman–Crippen MR) is 71.4 cm³/mol. The fourth-order valence-electron chi connectivity index (χ4n) is 1.44. The zero-order valence-corrected chi connectivity index (χ0v) is 12.2. The molecule has 0 spiro atoms. The van der Waals surface area contributed by atoms with E-state index in [-0.39, 0.29) is 10.4 Å². The van der Waals surface area contributed by atoms with Crippen LogP contribution in [0.4, 0.5) is 4.79 Å². The van der Waals surface area contributed by atoms with E-state index in [0.29, 0.717) is 10.9 Å². The molecular weight excluding hydrogens is 289 g/mol. The number of hydrogen-bond acceptors (Lipinski definition) is 4. The van der Waals surface area contributed by atoms with Gasteiger partial charge in [0.25, 0.3) is 0 Å². The Hall–Kier alpha value is -1.46. The number of carbonyl (C=O) groups is 1. The summed E-state index contributed by atoms with van der Waals surface area (Å²) in [6, 6.07) is 1.64. The second kappa shape index (κ2) is 4.90.